The first-order valence-corrected chi connectivity index (χ1v) is 7.65. The van der Waals surface area contributed by atoms with Crippen LogP contribution in [0.1, 0.15) is 31.1 Å². The highest BCUT2D eigenvalue weighted by Crippen LogP contribution is 2.26. The Labute approximate surface area is 131 Å². The number of rotatable bonds is 3. The molecule has 0 radical (unpaired) electrons. The van der Waals surface area contributed by atoms with Gasteiger partial charge in [-0.3, -0.25) is 4.79 Å². The van der Waals surface area contributed by atoms with E-state index in [4.69, 9.17) is 11.6 Å². The van der Waals surface area contributed by atoms with E-state index in [0.717, 1.165) is 0 Å². The van der Waals surface area contributed by atoms with Gasteiger partial charge in [0.15, 0.2) is 16.8 Å². The Balaban J connectivity index is 2.63. The molecule has 2 rings (SSSR count). The Bertz CT molecular complexity index is 667. The van der Waals surface area contributed by atoms with E-state index in [1.807, 2.05) is 20.8 Å². The molecular weight excluding hydrogens is 342 g/mol. The lowest BCUT2D eigenvalue weighted by atomic mass is 10.1. The number of carbonyl (C=O) groups is 1. The maximum absolute atomic E-state index is 11.9. The second kappa shape index (κ2) is 5.66. The third-order valence-corrected chi connectivity index (χ3v) is 3.34. The molecule has 0 aliphatic heterocycles. The Morgan fingerprint density at radius 1 is 1.35 bits per heavy atom. The zero-order valence-corrected chi connectivity index (χ0v) is 13.8. The summed E-state index contributed by atoms with van der Waals surface area (Å²) >= 11 is 9.32. The lowest BCUT2D eigenvalue weighted by molar-refractivity contribution is 0.102. The van der Waals surface area contributed by atoms with Gasteiger partial charge in [0.05, 0.1) is 10.8 Å². The third-order valence-electron chi connectivity index (χ3n) is 2.57. The second-order valence-electron chi connectivity index (χ2n) is 5.47. The smallest absolute Gasteiger partial charge is 0.175 e. The molecule has 1 heterocycles. The van der Waals surface area contributed by atoms with E-state index < -0.39 is 0 Å². The second-order valence-corrected chi connectivity index (χ2v) is 6.39. The Kier molecular flexibility index (Phi) is 4.30. The molecular formula is C14H15BrClN3O. The number of fused-ring (bicyclic) bond motifs is 1. The number of para-hydroxylation sites is 1. The third kappa shape index (κ3) is 3.27. The van der Waals surface area contributed by atoms with Crippen molar-refractivity contribution in [2.24, 2.45) is 0 Å². The molecule has 20 heavy (non-hydrogen) atoms. The predicted molar refractivity (Wildman–Crippen MR) is 86.0 cm³/mol. The maximum Gasteiger partial charge on any atom is 0.175 e. The fourth-order valence-corrected chi connectivity index (χ4v) is 2.27. The fraction of sp³-hybridized carbons (Fsp3) is 0.357. The minimum Gasteiger partial charge on any atom is -0.363 e. The van der Waals surface area contributed by atoms with Crippen LogP contribution in [0, 0.1) is 0 Å². The van der Waals surface area contributed by atoms with Crippen LogP contribution in [0.2, 0.25) is 5.15 Å². The minimum atomic E-state index is -0.194. The average molecular weight is 357 g/mol. The van der Waals surface area contributed by atoms with Crippen LogP contribution in [0.4, 0.5) is 5.82 Å². The van der Waals surface area contributed by atoms with Crippen LogP contribution in [0.3, 0.4) is 0 Å². The SMILES string of the molecule is CC(C)(C)Nc1nc2c(C(=O)CBr)cccc2nc1Cl. The van der Waals surface area contributed by atoms with Crippen LogP contribution in [0.15, 0.2) is 18.2 Å². The van der Waals surface area contributed by atoms with E-state index in [-0.39, 0.29) is 16.7 Å². The van der Waals surface area contributed by atoms with Crippen molar-refractivity contribution in [2.45, 2.75) is 26.3 Å². The first-order chi connectivity index (χ1) is 9.31. The number of alkyl halides is 1. The molecule has 0 amide bonds. The van der Waals surface area contributed by atoms with Gasteiger partial charge in [-0.15, -0.1) is 0 Å². The van der Waals surface area contributed by atoms with Gasteiger partial charge >= 0.3 is 0 Å². The van der Waals surface area contributed by atoms with Crippen molar-refractivity contribution < 1.29 is 4.79 Å². The molecule has 0 aliphatic carbocycles. The van der Waals surface area contributed by atoms with Gasteiger partial charge in [-0.2, -0.15) is 0 Å². The highest BCUT2D eigenvalue weighted by molar-refractivity contribution is 9.09. The van der Waals surface area contributed by atoms with Gasteiger partial charge in [0.25, 0.3) is 0 Å². The topological polar surface area (TPSA) is 54.9 Å². The van der Waals surface area contributed by atoms with E-state index >= 15 is 0 Å². The molecule has 4 nitrogen and oxygen atoms in total. The van der Waals surface area contributed by atoms with Crippen LogP contribution in [0.5, 0.6) is 0 Å². The first kappa shape index (κ1) is 15.2. The summed E-state index contributed by atoms with van der Waals surface area (Å²) in [5, 5.41) is 3.75. The predicted octanol–water partition coefficient (Wildman–Crippen LogP) is 4.07. The number of carbonyl (C=O) groups excluding carboxylic acids is 1. The molecule has 0 fully saturated rings. The van der Waals surface area contributed by atoms with Gasteiger partial charge < -0.3 is 5.32 Å². The number of ketones is 1. The van der Waals surface area contributed by atoms with Crippen molar-refractivity contribution in [3.63, 3.8) is 0 Å². The highest BCUT2D eigenvalue weighted by Gasteiger charge is 2.17. The highest BCUT2D eigenvalue weighted by atomic mass is 79.9. The number of benzene rings is 1. The van der Waals surface area contributed by atoms with Crippen LogP contribution in [0.25, 0.3) is 11.0 Å². The van der Waals surface area contributed by atoms with Crippen molar-refractivity contribution in [3.05, 3.63) is 28.9 Å². The monoisotopic (exact) mass is 355 g/mol. The number of aromatic nitrogens is 2. The molecule has 0 aliphatic rings. The molecule has 0 bridgehead atoms. The standard InChI is InChI=1S/C14H15BrClN3O/c1-14(2,3)19-13-12(16)17-9-6-4-5-8(10(20)7-15)11(9)18-13/h4-6H,7H2,1-3H3,(H,18,19). The van der Waals surface area contributed by atoms with Gasteiger partial charge in [-0.25, -0.2) is 9.97 Å². The van der Waals surface area contributed by atoms with E-state index in [1.165, 1.54) is 0 Å². The van der Waals surface area contributed by atoms with Gasteiger partial charge in [0.1, 0.15) is 5.52 Å². The number of nitrogens with one attached hydrogen (secondary N) is 1. The molecule has 0 spiro atoms. The van der Waals surface area contributed by atoms with Gasteiger partial charge in [0.2, 0.25) is 0 Å². The lowest BCUT2D eigenvalue weighted by Gasteiger charge is -2.22. The first-order valence-electron chi connectivity index (χ1n) is 6.15. The molecule has 2 aromatic rings. The van der Waals surface area contributed by atoms with Gasteiger partial charge in [-0.1, -0.05) is 33.6 Å². The van der Waals surface area contributed by atoms with Crippen molar-refractivity contribution in [3.8, 4) is 0 Å². The number of halogens is 2. The number of nitrogens with zero attached hydrogens (tertiary/aromatic N) is 2. The minimum absolute atomic E-state index is 0.0334. The van der Waals surface area contributed by atoms with Crippen molar-refractivity contribution in [2.75, 3.05) is 10.6 Å². The number of hydrogen-bond acceptors (Lipinski definition) is 4. The number of Topliss-reactive ketones (excluding diaryl/α,β-unsaturated/α-hetero) is 1. The maximum atomic E-state index is 11.9. The molecule has 0 atom stereocenters. The lowest BCUT2D eigenvalue weighted by Crippen LogP contribution is -2.27. The summed E-state index contributed by atoms with van der Waals surface area (Å²) in [6.45, 7) is 6.01. The zero-order valence-electron chi connectivity index (χ0n) is 11.5. The molecule has 0 saturated heterocycles. The van der Waals surface area contributed by atoms with Gasteiger partial charge in [0, 0.05) is 11.1 Å². The normalized spacial score (nSPS) is 11.7. The molecule has 0 saturated carbocycles. The summed E-state index contributed by atoms with van der Waals surface area (Å²) in [6, 6.07) is 5.32. The summed E-state index contributed by atoms with van der Waals surface area (Å²) in [4.78, 5) is 20.7. The summed E-state index contributed by atoms with van der Waals surface area (Å²) in [5.74, 6) is 0.454. The van der Waals surface area contributed by atoms with Crippen molar-refractivity contribution >= 4 is 50.2 Å². The van der Waals surface area contributed by atoms with Gasteiger partial charge in [-0.05, 0) is 32.9 Å². The average Bonchev–Trinajstić information content (AvgIpc) is 2.36. The summed E-state index contributed by atoms with van der Waals surface area (Å²) < 4.78 is 0. The molecule has 1 aromatic carbocycles. The Hall–Kier alpha value is -1.20. The zero-order chi connectivity index (χ0) is 14.9. The van der Waals surface area contributed by atoms with E-state index in [1.54, 1.807) is 18.2 Å². The van der Waals surface area contributed by atoms with Crippen molar-refractivity contribution in [1.82, 2.24) is 9.97 Å². The molecule has 0 unspecified atom stereocenters. The summed E-state index contributed by atoms with van der Waals surface area (Å²) in [5.41, 5.74) is 1.52. The largest absolute Gasteiger partial charge is 0.363 e. The van der Waals surface area contributed by atoms with Crippen LogP contribution >= 0.6 is 27.5 Å². The number of anilines is 1. The molecule has 1 N–H and O–H groups in total. The summed E-state index contributed by atoms with van der Waals surface area (Å²) in [6.07, 6.45) is 0. The Morgan fingerprint density at radius 3 is 2.65 bits per heavy atom. The fourth-order valence-electron chi connectivity index (χ4n) is 1.79. The van der Waals surface area contributed by atoms with Crippen LogP contribution in [-0.2, 0) is 0 Å². The van der Waals surface area contributed by atoms with Crippen LogP contribution < -0.4 is 5.32 Å². The molecule has 1 aromatic heterocycles. The van der Waals surface area contributed by atoms with E-state index in [2.05, 4.69) is 31.2 Å². The summed E-state index contributed by atoms with van der Waals surface area (Å²) in [7, 11) is 0. The molecule has 106 valence electrons. The quantitative estimate of drug-likeness (QED) is 0.665. The van der Waals surface area contributed by atoms with E-state index in [0.29, 0.717) is 27.6 Å². The Morgan fingerprint density at radius 2 is 2.05 bits per heavy atom. The van der Waals surface area contributed by atoms with Crippen LogP contribution in [-0.4, -0.2) is 26.6 Å². The molecule has 6 heteroatoms. The van der Waals surface area contributed by atoms with E-state index in [9.17, 15) is 4.79 Å². The van der Waals surface area contributed by atoms with Crippen molar-refractivity contribution in [1.29, 1.82) is 0 Å². The number of hydrogen-bond donors (Lipinski definition) is 1.